The second-order valence-electron chi connectivity index (χ2n) is 3.27. The minimum absolute atomic E-state index is 0.154. The first-order valence-corrected chi connectivity index (χ1v) is 5.48. The maximum absolute atomic E-state index is 11.9. The van der Waals surface area contributed by atoms with Crippen LogP contribution in [0.3, 0.4) is 0 Å². The second-order valence-corrected chi connectivity index (χ2v) is 4.17. The summed E-state index contributed by atoms with van der Waals surface area (Å²) in [4.78, 5) is 8.57. The quantitative estimate of drug-likeness (QED) is 0.923. The van der Waals surface area contributed by atoms with Gasteiger partial charge >= 0.3 is 6.18 Å². The van der Waals surface area contributed by atoms with Crippen LogP contribution in [0.15, 0.2) is 11.4 Å². The van der Waals surface area contributed by atoms with E-state index in [-0.39, 0.29) is 18.2 Å². The number of halogens is 3. The Morgan fingerprint density at radius 3 is 2.82 bits per heavy atom. The third-order valence-corrected chi connectivity index (χ3v) is 2.70. The van der Waals surface area contributed by atoms with E-state index in [0.717, 1.165) is 0 Å². The van der Waals surface area contributed by atoms with Gasteiger partial charge in [-0.2, -0.15) is 13.2 Å². The summed E-state index contributed by atoms with van der Waals surface area (Å²) in [5, 5.41) is 2.49. The molecule has 4 nitrogen and oxygen atoms in total. The molecule has 0 aliphatic carbocycles. The Balaban J connectivity index is 2.09. The van der Waals surface area contributed by atoms with Gasteiger partial charge in [0, 0.05) is 0 Å². The molecule has 0 aromatic carbocycles. The number of fused-ring (bicyclic) bond motifs is 1. The van der Waals surface area contributed by atoms with Crippen molar-refractivity contribution in [3.05, 3.63) is 17.3 Å². The monoisotopic (exact) mass is 263 g/mol. The van der Waals surface area contributed by atoms with Gasteiger partial charge in [0.25, 0.3) is 0 Å². The van der Waals surface area contributed by atoms with Gasteiger partial charge in [-0.1, -0.05) is 0 Å². The van der Waals surface area contributed by atoms with Crippen LogP contribution in [0, 0.1) is 0 Å². The summed E-state index contributed by atoms with van der Waals surface area (Å²) in [7, 11) is 0. The largest absolute Gasteiger partial charge is 0.411 e. The standard InChI is InChI=1S/C9H8F3N3OS/c10-9(11,12)4-16-3-6-14-7(13)5-1-2-17-8(5)15-6/h1-2H,3-4H2,(H2,13,14,15). The fraction of sp³-hybridized carbons (Fsp3) is 0.333. The summed E-state index contributed by atoms with van der Waals surface area (Å²) in [6.07, 6.45) is -4.35. The predicted molar refractivity (Wildman–Crippen MR) is 57.5 cm³/mol. The fourth-order valence-corrected chi connectivity index (χ4v) is 2.04. The highest BCUT2D eigenvalue weighted by Crippen LogP contribution is 2.23. The molecule has 0 saturated heterocycles. The summed E-state index contributed by atoms with van der Waals surface area (Å²) in [6.45, 7) is -1.63. The molecule has 0 bridgehead atoms. The summed E-state index contributed by atoms with van der Waals surface area (Å²) < 4.78 is 40.0. The number of alkyl halides is 3. The molecule has 0 atom stereocenters. The van der Waals surface area contributed by atoms with E-state index in [2.05, 4.69) is 14.7 Å². The lowest BCUT2D eigenvalue weighted by atomic mass is 10.4. The maximum atomic E-state index is 11.9. The van der Waals surface area contributed by atoms with Crippen LogP contribution in [0.2, 0.25) is 0 Å². The lowest BCUT2D eigenvalue weighted by Crippen LogP contribution is -2.17. The normalized spacial score (nSPS) is 12.2. The van der Waals surface area contributed by atoms with Gasteiger partial charge in [0.2, 0.25) is 0 Å². The number of hydrogen-bond donors (Lipinski definition) is 1. The average Bonchev–Trinajstić information content (AvgIpc) is 2.64. The van der Waals surface area contributed by atoms with Crippen LogP contribution < -0.4 is 5.73 Å². The molecular formula is C9H8F3N3OS. The van der Waals surface area contributed by atoms with Crippen molar-refractivity contribution >= 4 is 27.4 Å². The Morgan fingerprint density at radius 2 is 2.12 bits per heavy atom. The highest BCUT2D eigenvalue weighted by atomic mass is 32.1. The Morgan fingerprint density at radius 1 is 1.35 bits per heavy atom. The number of hydrogen-bond acceptors (Lipinski definition) is 5. The maximum Gasteiger partial charge on any atom is 0.411 e. The van der Waals surface area contributed by atoms with Crippen molar-refractivity contribution in [2.75, 3.05) is 12.3 Å². The number of nitrogens with zero attached hydrogens (tertiary/aromatic N) is 2. The number of nitrogens with two attached hydrogens (primary N) is 1. The van der Waals surface area contributed by atoms with Crippen molar-refractivity contribution < 1.29 is 17.9 Å². The van der Waals surface area contributed by atoms with Gasteiger partial charge in [-0.15, -0.1) is 11.3 Å². The van der Waals surface area contributed by atoms with E-state index in [1.54, 1.807) is 11.4 Å². The molecule has 17 heavy (non-hydrogen) atoms. The van der Waals surface area contributed by atoms with Crippen molar-refractivity contribution in [3.8, 4) is 0 Å². The van der Waals surface area contributed by atoms with Crippen LogP contribution >= 0.6 is 11.3 Å². The first-order chi connectivity index (χ1) is 7.96. The summed E-state index contributed by atoms with van der Waals surface area (Å²) in [6, 6.07) is 1.76. The van der Waals surface area contributed by atoms with Crippen LogP contribution in [-0.4, -0.2) is 22.8 Å². The lowest BCUT2D eigenvalue weighted by Gasteiger charge is -2.07. The van der Waals surface area contributed by atoms with Crippen LogP contribution in [0.1, 0.15) is 5.82 Å². The molecule has 0 saturated carbocycles. The molecule has 0 spiro atoms. The van der Waals surface area contributed by atoms with Crippen molar-refractivity contribution in [3.63, 3.8) is 0 Å². The summed E-state index contributed by atoms with van der Waals surface area (Å²) >= 11 is 1.35. The third-order valence-electron chi connectivity index (χ3n) is 1.90. The molecular weight excluding hydrogens is 255 g/mol. The van der Waals surface area contributed by atoms with Crippen LogP contribution in [0.5, 0.6) is 0 Å². The van der Waals surface area contributed by atoms with Crippen LogP contribution in [0.25, 0.3) is 10.2 Å². The van der Waals surface area contributed by atoms with E-state index in [4.69, 9.17) is 5.73 Å². The zero-order chi connectivity index (χ0) is 12.5. The van der Waals surface area contributed by atoms with Crippen molar-refractivity contribution in [2.45, 2.75) is 12.8 Å². The topological polar surface area (TPSA) is 61.0 Å². The smallest absolute Gasteiger partial charge is 0.383 e. The molecule has 0 aliphatic heterocycles. The number of nitrogen functional groups attached to an aromatic ring is 1. The number of ether oxygens (including phenoxy) is 1. The first-order valence-electron chi connectivity index (χ1n) is 4.60. The Bertz CT molecular complexity index is 526. The van der Waals surface area contributed by atoms with Gasteiger partial charge in [-0.3, -0.25) is 0 Å². The van der Waals surface area contributed by atoms with Gasteiger partial charge in [-0.25, -0.2) is 9.97 Å². The molecule has 2 aromatic heterocycles. The van der Waals surface area contributed by atoms with Crippen molar-refractivity contribution in [2.24, 2.45) is 0 Å². The van der Waals surface area contributed by atoms with Crippen molar-refractivity contribution in [1.29, 1.82) is 0 Å². The van der Waals surface area contributed by atoms with Gasteiger partial charge in [0.05, 0.1) is 5.39 Å². The Hall–Kier alpha value is -1.41. The fourth-order valence-electron chi connectivity index (χ4n) is 1.25. The number of anilines is 1. The molecule has 0 unspecified atom stereocenters. The molecule has 0 aliphatic rings. The zero-order valence-electron chi connectivity index (χ0n) is 8.49. The molecule has 2 N–H and O–H groups in total. The van der Waals surface area contributed by atoms with Crippen molar-refractivity contribution in [1.82, 2.24) is 9.97 Å². The van der Waals surface area contributed by atoms with E-state index in [0.29, 0.717) is 10.2 Å². The van der Waals surface area contributed by atoms with E-state index >= 15 is 0 Å². The minimum Gasteiger partial charge on any atom is -0.383 e. The lowest BCUT2D eigenvalue weighted by molar-refractivity contribution is -0.177. The SMILES string of the molecule is Nc1nc(COCC(F)(F)F)nc2sccc12. The van der Waals surface area contributed by atoms with Gasteiger partial charge in [0.15, 0.2) is 5.82 Å². The minimum atomic E-state index is -4.35. The van der Waals surface area contributed by atoms with Gasteiger partial charge in [0.1, 0.15) is 23.9 Å². The molecule has 0 amide bonds. The molecule has 0 radical (unpaired) electrons. The van der Waals surface area contributed by atoms with Gasteiger partial charge < -0.3 is 10.5 Å². The van der Waals surface area contributed by atoms with E-state index in [9.17, 15) is 13.2 Å². The average molecular weight is 263 g/mol. The molecule has 92 valence electrons. The molecule has 2 aromatic rings. The Labute approximate surface area is 98.2 Å². The van der Waals surface area contributed by atoms with E-state index < -0.39 is 12.8 Å². The first kappa shape index (κ1) is 12.1. The molecule has 2 rings (SSSR count). The Kier molecular flexibility index (Phi) is 3.16. The zero-order valence-corrected chi connectivity index (χ0v) is 9.31. The summed E-state index contributed by atoms with van der Waals surface area (Å²) in [5.41, 5.74) is 5.64. The predicted octanol–water partition coefficient (Wildman–Crippen LogP) is 2.35. The number of thiophene rings is 1. The second kappa shape index (κ2) is 4.46. The molecule has 8 heteroatoms. The highest BCUT2D eigenvalue weighted by molar-refractivity contribution is 7.16. The van der Waals surface area contributed by atoms with E-state index in [1.165, 1.54) is 11.3 Å². The van der Waals surface area contributed by atoms with E-state index in [1.807, 2.05) is 0 Å². The highest BCUT2D eigenvalue weighted by Gasteiger charge is 2.27. The number of rotatable bonds is 3. The van der Waals surface area contributed by atoms with Gasteiger partial charge in [-0.05, 0) is 11.4 Å². The third kappa shape index (κ3) is 3.04. The van der Waals surface area contributed by atoms with Crippen LogP contribution in [0.4, 0.5) is 19.0 Å². The van der Waals surface area contributed by atoms with Crippen LogP contribution in [-0.2, 0) is 11.3 Å². The number of aromatic nitrogens is 2. The summed E-state index contributed by atoms with van der Waals surface area (Å²) in [5.74, 6) is 0.406. The molecule has 2 heterocycles. The molecule has 0 fully saturated rings.